The van der Waals surface area contributed by atoms with Gasteiger partial charge in [0.25, 0.3) is 0 Å². The Bertz CT molecular complexity index is 928. The molecule has 0 radical (unpaired) electrons. The molecule has 0 saturated carbocycles. The molecule has 2 nitrogen and oxygen atoms in total. The van der Waals surface area contributed by atoms with Crippen LogP contribution in [0.15, 0.2) is 24.3 Å². The molecule has 0 spiro atoms. The van der Waals surface area contributed by atoms with E-state index in [-0.39, 0.29) is 21.7 Å². The second-order valence-electron chi connectivity index (χ2n) is 13.3. The van der Waals surface area contributed by atoms with Crippen LogP contribution in [0.25, 0.3) is 12.2 Å². The maximum atomic E-state index is 11.1. The van der Waals surface area contributed by atoms with Gasteiger partial charge in [0.2, 0.25) is 0 Å². The van der Waals surface area contributed by atoms with Crippen molar-refractivity contribution in [3.63, 3.8) is 0 Å². The van der Waals surface area contributed by atoms with Gasteiger partial charge in [0, 0.05) is 22.3 Å². The summed E-state index contributed by atoms with van der Waals surface area (Å²) in [5.41, 5.74) is 5.36. The summed E-state index contributed by atoms with van der Waals surface area (Å²) in [5, 5.41) is 22.2. The van der Waals surface area contributed by atoms with Crippen molar-refractivity contribution in [2.24, 2.45) is 0 Å². The molecule has 0 aliphatic rings. The molecule has 0 unspecified atom stereocenters. The van der Waals surface area contributed by atoms with Gasteiger partial charge in [-0.3, -0.25) is 0 Å². The minimum Gasteiger partial charge on any atom is -0.507 e. The second-order valence-corrected chi connectivity index (χ2v) is 13.3. The lowest BCUT2D eigenvalue weighted by molar-refractivity contribution is 0.442. The summed E-state index contributed by atoms with van der Waals surface area (Å²) >= 11 is 0. The Balaban J connectivity index is 2.75. The molecule has 0 heterocycles. The molecule has 2 aromatic carbocycles. The zero-order valence-electron chi connectivity index (χ0n) is 22.4. The van der Waals surface area contributed by atoms with Gasteiger partial charge in [-0.15, -0.1) is 0 Å². The predicted molar refractivity (Wildman–Crippen MR) is 140 cm³/mol. The number of phenols is 2. The van der Waals surface area contributed by atoms with Crippen LogP contribution in [-0.4, -0.2) is 10.2 Å². The van der Waals surface area contributed by atoms with Crippen LogP contribution in [0.3, 0.4) is 0 Å². The minimum atomic E-state index is -0.179. The van der Waals surface area contributed by atoms with E-state index in [0.29, 0.717) is 11.5 Å². The maximum absolute atomic E-state index is 11.1. The van der Waals surface area contributed by atoms with E-state index in [9.17, 15) is 10.2 Å². The molecule has 0 saturated heterocycles. The fourth-order valence-electron chi connectivity index (χ4n) is 3.76. The third-order valence-electron chi connectivity index (χ3n) is 6.07. The third-order valence-corrected chi connectivity index (χ3v) is 6.07. The Kier molecular flexibility index (Phi) is 6.74. The highest BCUT2D eigenvalue weighted by Crippen LogP contribution is 2.41. The van der Waals surface area contributed by atoms with Crippen LogP contribution in [-0.2, 0) is 21.7 Å². The van der Waals surface area contributed by atoms with Crippen molar-refractivity contribution < 1.29 is 10.2 Å². The number of phenolic OH excluding ortho intramolecular Hbond substituents is 2. The van der Waals surface area contributed by atoms with Gasteiger partial charge in [-0.2, -0.15) is 0 Å². The molecule has 0 aliphatic heterocycles. The fraction of sp³-hybridized carbons (Fsp3) is 0.533. The average molecular weight is 437 g/mol. The molecule has 0 atom stereocenters. The van der Waals surface area contributed by atoms with Crippen LogP contribution < -0.4 is 0 Å². The molecule has 2 N–H and O–H groups in total. The Labute approximate surface area is 196 Å². The van der Waals surface area contributed by atoms with Gasteiger partial charge in [0.05, 0.1) is 0 Å². The third kappa shape index (κ3) is 5.77. The first-order valence-corrected chi connectivity index (χ1v) is 11.7. The van der Waals surface area contributed by atoms with Gasteiger partial charge in [0.15, 0.2) is 0 Å². The van der Waals surface area contributed by atoms with Crippen molar-refractivity contribution in [1.29, 1.82) is 0 Å². The van der Waals surface area contributed by atoms with E-state index in [2.05, 4.69) is 107 Å². The topological polar surface area (TPSA) is 40.5 Å². The van der Waals surface area contributed by atoms with Gasteiger partial charge < -0.3 is 10.2 Å². The molecular formula is C30H44O2. The summed E-state index contributed by atoms with van der Waals surface area (Å²) < 4.78 is 0. The Hall–Kier alpha value is -2.22. The van der Waals surface area contributed by atoms with Crippen LogP contribution in [0, 0.1) is 0 Å². The van der Waals surface area contributed by atoms with Gasteiger partial charge in [-0.05, 0) is 44.9 Å². The van der Waals surface area contributed by atoms with E-state index in [1.54, 1.807) is 0 Å². The highest BCUT2D eigenvalue weighted by atomic mass is 16.3. The van der Waals surface area contributed by atoms with Crippen molar-refractivity contribution in [3.8, 4) is 11.5 Å². The Morgan fingerprint density at radius 2 is 0.750 bits per heavy atom. The van der Waals surface area contributed by atoms with Gasteiger partial charge in [-0.25, -0.2) is 0 Å². The number of hydrogen-bond donors (Lipinski definition) is 2. The summed E-state index contributed by atoms with van der Waals surface area (Å²) in [6, 6.07) is 8.39. The van der Waals surface area contributed by atoms with E-state index < -0.39 is 0 Å². The van der Waals surface area contributed by atoms with Crippen LogP contribution >= 0.6 is 0 Å². The predicted octanol–water partition coefficient (Wildman–Crippen LogP) is 8.46. The van der Waals surface area contributed by atoms with Gasteiger partial charge in [-0.1, -0.05) is 107 Å². The van der Waals surface area contributed by atoms with Crippen molar-refractivity contribution in [3.05, 3.63) is 57.6 Å². The lowest BCUT2D eigenvalue weighted by Gasteiger charge is -2.27. The standard InChI is InChI=1S/C30H44O2/c1-27(2,3)21-15-19(25(31)23(17-21)29(7,8)9)13-14-20-16-22(28(4,5)6)18-24(26(20)32)30(10,11)12/h13-18,31-32H,1-12H3/b14-13+. The molecule has 0 aliphatic carbocycles. The first kappa shape index (κ1) is 26.0. The highest BCUT2D eigenvalue weighted by molar-refractivity contribution is 5.77. The quantitative estimate of drug-likeness (QED) is 0.463. The first-order valence-electron chi connectivity index (χ1n) is 11.7. The van der Waals surface area contributed by atoms with E-state index in [1.165, 1.54) is 11.1 Å². The summed E-state index contributed by atoms with van der Waals surface area (Å²) in [7, 11) is 0. The Morgan fingerprint density at radius 1 is 0.469 bits per heavy atom. The molecule has 0 aromatic heterocycles. The second kappa shape index (κ2) is 8.28. The maximum Gasteiger partial charge on any atom is 0.126 e. The van der Waals surface area contributed by atoms with Crippen molar-refractivity contribution in [2.45, 2.75) is 105 Å². The summed E-state index contributed by atoms with van der Waals surface area (Å²) in [4.78, 5) is 0. The molecule has 2 aromatic rings. The van der Waals surface area contributed by atoms with Crippen molar-refractivity contribution in [2.75, 3.05) is 0 Å². The van der Waals surface area contributed by atoms with E-state index >= 15 is 0 Å². The van der Waals surface area contributed by atoms with Gasteiger partial charge in [0.1, 0.15) is 11.5 Å². The molecule has 2 heteroatoms. The van der Waals surface area contributed by atoms with Crippen LogP contribution in [0.1, 0.15) is 116 Å². The lowest BCUT2D eigenvalue weighted by Crippen LogP contribution is -2.17. The smallest absolute Gasteiger partial charge is 0.126 e. The lowest BCUT2D eigenvalue weighted by atomic mass is 9.78. The highest BCUT2D eigenvalue weighted by Gasteiger charge is 2.26. The molecule has 176 valence electrons. The van der Waals surface area contributed by atoms with Crippen molar-refractivity contribution >= 4 is 12.2 Å². The zero-order chi connectivity index (χ0) is 24.9. The summed E-state index contributed by atoms with van der Waals surface area (Å²) in [5.74, 6) is 0.619. The molecule has 0 amide bonds. The first-order chi connectivity index (χ1) is 14.2. The molecular weight excluding hydrogens is 392 g/mol. The summed E-state index contributed by atoms with van der Waals surface area (Å²) in [6.07, 6.45) is 3.88. The SMILES string of the molecule is CC(C)(C)c1cc(/C=C/c2cc(C(C)(C)C)cc(C(C)(C)C)c2O)c(O)c(C(C)(C)C)c1. The van der Waals surface area contributed by atoms with Crippen LogP contribution in [0.4, 0.5) is 0 Å². The fourth-order valence-corrected chi connectivity index (χ4v) is 3.76. The van der Waals surface area contributed by atoms with Crippen LogP contribution in [0.5, 0.6) is 11.5 Å². The van der Waals surface area contributed by atoms with Crippen LogP contribution in [0.2, 0.25) is 0 Å². The van der Waals surface area contributed by atoms with Gasteiger partial charge >= 0.3 is 0 Å². The minimum absolute atomic E-state index is 0.0377. The number of benzene rings is 2. The Morgan fingerprint density at radius 3 is 0.969 bits per heavy atom. The normalized spacial score (nSPS) is 13.8. The average Bonchev–Trinajstić information content (AvgIpc) is 2.57. The summed E-state index contributed by atoms with van der Waals surface area (Å²) in [6.45, 7) is 25.9. The van der Waals surface area contributed by atoms with E-state index in [0.717, 1.165) is 22.3 Å². The number of aromatic hydroxyl groups is 2. The molecule has 2 rings (SSSR count). The monoisotopic (exact) mass is 436 g/mol. The molecule has 32 heavy (non-hydrogen) atoms. The van der Waals surface area contributed by atoms with E-state index in [4.69, 9.17) is 0 Å². The molecule has 0 fully saturated rings. The number of hydrogen-bond acceptors (Lipinski definition) is 2. The molecule has 0 bridgehead atoms. The van der Waals surface area contributed by atoms with Crippen molar-refractivity contribution in [1.82, 2.24) is 0 Å². The van der Waals surface area contributed by atoms with E-state index in [1.807, 2.05) is 12.2 Å². The largest absolute Gasteiger partial charge is 0.507 e. The number of rotatable bonds is 2. The zero-order valence-corrected chi connectivity index (χ0v) is 22.4.